The fourth-order valence-corrected chi connectivity index (χ4v) is 5.65. The van der Waals surface area contributed by atoms with Gasteiger partial charge < -0.3 is 34.8 Å². The Labute approximate surface area is 273 Å². The van der Waals surface area contributed by atoms with Crippen LogP contribution in [0.2, 0.25) is 0 Å². The molecule has 0 aliphatic carbocycles. The second kappa shape index (κ2) is 15.4. The van der Waals surface area contributed by atoms with E-state index in [4.69, 9.17) is 15.2 Å². The van der Waals surface area contributed by atoms with Crippen LogP contribution in [0.1, 0.15) is 68.2 Å². The summed E-state index contributed by atoms with van der Waals surface area (Å²) in [6.45, 7) is 19.7. The number of non-ortho nitro benzene ring substituents is 1. The van der Waals surface area contributed by atoms with Crippen molar-refractivity contribution in [3.8, 4) is 0 Å². The van der Waals surface area contributed by atoms with Crippen molar-refractivity contribution < 1.29 is 24.0 Å². The van der Waals surface area contributed by atoms with Crippen molar-refractivity contribution in [3.05, 3.63) is 58.6 Å². The molecule has 2 atom stereocenters. The van der Waals surface area contributed by atoms with Crippen LogP contribution in [0, 0.1) is 10.1 Å². The maximum atomic E-state index is 12.3. The molecule has 2 aliphatic rings. The number of anilines is 3. The molecule has 2 fully saturated rings. The van der Waals surface area contributed by atoms with Gasteiger partial charge in [-0.3, -0.25) is 10.1 Å². The lowest BCUT2D eigenvalue weighted by Gasteiger charge is -2.31. The lowest BCUT2D eigenvalue weighted by Crippen LogP contribution is -2.44. The van der Waals surface area contributed by atoms with Gasteiger partial charge in [-0.15, -0.1) is 0 Å². The first-order valence-corrected chi connectivity index (χ1v) is 16.1. The number of carbonyl (C=O) groups is 2. The summed E-state index contributed by atoms with van der Waals surface area (Å²) in [4.78, 5) is 43.0. The van der Waals surface area contributed by atoms with E-state index in [1.807, 2.05) is 84.6 Å². The minimum absolute atomic E-state index is 0.0819. The van der Waals surface area contributed by atoms with Crippen molar-refractivity contribution in [1.29, 1.82) is 0 Å². The number of amides is 2. The monoisotopic (exact) mass is 640 g/mol. The summed E-state index contributed by atoms with van der Waals surface area (Å²) in [5, 5.41) is 10.7. The molecule has 2 saturated heterocycles. The number of rotatable bonds is 7. The predicted octanol–water partition coefficient (Wildman–Crippen LogP) is 6.54. The molecule has 2 aliphatic heterocycles. The number of benzene rings is 2. The van der Waals surface area contributed by atoms with Gasteiger partial charge in [0.25, 0.3) is 5.69 Å². The summed E-state index contributed by atoms with van der Waals surface area (Å²) >= 11 is 0. The Kier molecular flexibility index (Phi) is 12.1. The van der Waals surface area contributed by atoms with E-state index in [1.165, 1.54) is 12.1 Å². The van der Waals surface area contributed by atoms with Gasteiger partial charge in [-0.05, 0) is 105 Å². The van der Waals surface area contributed by atoms with E-state index in [9.17, 15) is 19.7 Å². The standard InChI is InChI=1S/C17H25N3O4.C17H27N3O2/c1-5-19(16(21)24-17(2,3)4)15-10-11-18(12-15)13-6-8-14(9-7-13)20(22)23;1-5-20(16(21)22-17(2,3)4)15-10-11-19(12-15)14-8-6-13(18)7-9-14/h6-9,15H,5,10-12H2,1-4H3;6-9,15H,5,10-12,18H2,1-4H3. The highest BCUT2D eigenvalue weighted by atomic mass is 16.6. The lowest BCUT2D eigenvalue weighted by molar-refractivity contribution is -0.384. The summed E-state index contributed by atoms with van der Waals surface area (Å²) in [6, 6.07) is 14.7. The first kappa shape index (κ1) is 36.3. The van der Waals surface area contributed by atoms with Gasteiger partial charge in [0.1, 0.15) is 11.2 Å². The van der Waals surface area contributed by atoms with Crippen molar-refractivity contribution in [1.82, 2.24) is 9.80 Å². The zero-order chi connectivity index (χ0) is 34.2. The minimum atomic E-state index is -0.513. The number of ether oxygens (including phenoxy) is 2. The number of hydrogen-bond acceptors (Lipinski definition) is 9. The third-order valence-electron chi connectivity index (χ3n) is 7.83. The van der Waals surface area contributed by atoms with Gasteiger partial charge in [-0.1, -0.05) is 0 Å². The Balaban J connectivity index is 0.000000251. The van der Waals surface area contributed by atoms with Gasteiger partial charge in [-0.2, -0.15) is 0 Å². The third-order valence-corrected chi connectivity index (χ3v) is 7.83. The molecule has 2 aromatic rings. The van der Waals surface area contributed by atoms with Crippen molar-refractivity contribution in [2.45, 2.75) is 91.5 Å². The van der Waals surface area contributed by atoms with E-state index in [0.717, 1.165) is 49.5 Å². The molecule has 0 aromatic heterocycles. The maximum Gasteiger partial charge on any atom is 0.410 e. The number of carbonyl (C=O) groups excluding carboxylic acids is 2. The molecule has 2 N–H and O–H groups in total. The molecule has 0 bridgehead atoms. The number of hydrogen-bond donors (Lipinski definition) is 1. The number of nitrogen functional groups attached to an aromatic ring is 1. The molecule has 254 valence electrons. The third kappa shape index (κ3) is 10.4. The maximum absolute atomic E-state index is 12.3. The minimum Gasteiger partial charge on any atom is -0.444 e. The van der Waals surface area contributed by atoms with Crippen molar-refractivity contribution in [2.24, 2.45) is 0 Å². The molecule has 2 heterocycles. The summed E-state index contributed by atoms with van der Waals surface area (Å²) < 4.78 is 11.0. The van der Waals surface area contributed by atoms with Gasteiger partial charge in [0.2, 0.25) is 0 Å². The van der Waals surface area contributed by atoms with Gasteiger partial charge in [0.05, 0.1) is 17.0 Å². The van der Waals surface area contributed by atoms with E-state index in [1.54, 1.807) is 17.0 Å². The molecular formula is C34H52N6O6. The molecule has 12 nitrogen and oxygen atoms in total. The average molecular weight is 641 g/mol. The first-order valence-electron chi connectivity index (χ1n) is 16.1. The van der Waals surface area contributed by atoms with E-state index in [0.29, 0.717) is 19.6 Å². The lowest BCUT2D eigenvalue weighted by atomic mass is 10.2. The Morgan fingerprint density at radius 3 is 1.48 bits per heavy atom. The van der Waals surface area contributed by atoms with Crippen LogP contribution in [0.15, 0.2) is 48.5 Å². The fourth-order valence-electron chi connectivity index (χ4n) is 5.65. The van der Waals surface area contributed by atoms with Gasteiger partial charge in [0, 0.05) is 68.5 Å². The van der Waals surface area contributed by atoms with Crippen molar-refractivity contribution >= 4 is 34.9 Å². The molecular weight excluding hydrogens is 588 g/mol. The molecule has 4 rings (SSSR count). The SMILES string of the molecule is CCN(C(=O)OC(C)(C)C)C1CCN(c2ccc(N)cc2)C1.CCN(C(=O)OC(C)(C)C)C1CCN(c2ccc([N+](=O)[O-])cc2)C1. The predicted molar refractivity (Wildman–Crippen MR) is 182 cm³/mol. The van der Waals surface area contributed by atoms with Gasteiger partial charge in [0.15, 0.2) is 0 Å². The normalized spacial score (nSPS) is 18.0. The first-order chi connectivity index (χ1) is 21.5. The van der Waals surface area contributed by atoms with Crippen LogP contribution in [0.25, 0.3) is 0 Å². The van der Waals surface area contributed by atoms with E-state index in [-0.39, 0.29) is 30.0 Å². The smallest absolute Gasteiger partial charge is 0.410 e. The topological polar surface area (TPSA) is 135 Å². The molecule has 2 unspecified atom stereocenters. The van der Waals surface area contributed by atoms with Crippen LogP contribution < -0.4 is 15.5 Å². The largest absolute Gasteiger partial charge is 0.444 e. The molecule has 2 aromatic carbocycles. The zero-order valence-electron chi connectivity index (χ0n) is 28.7. The fraction of sp³-hybridized carbons (Fsp3) is 0.588. The molecule has 0 saturated carbocycles. The Bertz CT molecular complexity index is 1310. The Morgan fingerprint density at radius 2 is 1.15 bits per heavy atom. The molecule has 46 heavy (non-hydrogen) atoms. The van der Waals surface area contributed by atoms with Crippen molar-refractivity contribution in [3.63, 3.8) is 0 Å². The quantitative estimate of drug-likeness (QED) is 0.203. The van der Waals surface area contributed by atoms with Crippen LogP contribution in [0.4, 0.5) is 32.3 Å². The number of nitro benzene ring substituents is 1. The van der Waals surface area contributed by atoms with Crippen LogP contribution >= 0.6 is 0 Å². The van der Waals surface area contributed by atoms with Crippen LogP contribution in [-0.4, -0.2) is 89.5 Å². The number of nitrogens with two attached hydrogens (primary N) is 1. The number of likely N-dealkylation sites (N-methyl/N-ethyl adjacent to an activating group) is 2. The van der Waals surface area contributed by atoms with E-state index < -0.39 is 16.1 Å². The number of nitro groups is 1. The van der Waals surface area contributed by atoms with Crippen LogP contribution in [-0.2, 0) is 9.47 Å². The number of nitrogens with zero attached hydrogens (tertiary/aromatic N) is 5. The highest BCUT2D eigenvalue weighted by Crippen LogP contribution is 2.27. The molecule has 0 spiro atoms. The summed E-state index contributed by atoms with van der Waals surface area (Å²) in [7, 11) is 0. The van der Waals surface area contributed by atoms with Gasteiger partial charge in [-0.25, -0.2) is 9.59 Å². The summed E-state index contributed by atoms with van der Waals surface area (Å²) in [5.41, 5.74) is 7.69. The van der Waals surface area contributed by atoms with Gasteiger partial charge >= 0.3 is 12.2 Å². The summed E-state index contributed by atoms with van der Waals surface area (Å²) in [5.74, 6) is 0. The highest BCUT2D eigenvalue weighted by Gasteiger charge is 2.34. The highest BCUT2D eigenvalue weighted by molar-refractivity contribution is 5.69. The van der Waals surface area contributed by atoms with Crippen molar-refractivity contribution in [2.75, 3.05) is 54.8 Å². The van der Waals surface area contributed by atoms with E-state index in [2.05, 4.69) is 9.80 Å². The Hall–Kier alpha value is -4.22. The second-order valence-corrected chi connectivity index (χ2v) is 13.7. The molecule has 2 amide bonds. The second-order valence-electron chi connectivity index (χ2n) is 13.7. The van der Waals surface area contributed by atoms with E-state index >= 15 is 0 Å². The van der Waals surface area contributed by atoms with Crippen LogP contribution in [0.5, 0.6) is 0 Å². The Morgan fingerprint density at radius 1 is 0.783 bits per heavy atom. The molecule has 12 heteroatoms. The molecule has 0 radical (unpaired) electrons. The average Bonchev–Trinajstić information content (AvgIpc) is 3.64. The van der Waals surface area contributed by atoms with Crippen LogP contribution in [0.3, 0.4) is 0 Å². The summed E-state index contributed by atoms with van der Waals surface area (Å²) in [6.07, 6.45) is 1.29. The zero-order valence-corrected chi connectivity index (χ0v) is 28.7.